The molecule has 1 aromatic carbocycles. The molecule has 0 bridgehead atoms. The van der Waals surface area contributed by atoms with Crippen molar-refractivity contribution < 1.29 is 0 Å². The van der Waals surface area contributed by atoms with Gasteiger partial charge in [0.1, 0.15) is 0 Å². The SMILES string of the molecule is CC(C)CNCc1ccc(N2CC(C)CCC2C)cc1Cl. The van der Waals surface area contributed by atoms with Crippen molar-refractivity contribution in [3.8, 4) is 0 Å². The molecule has 1 N–H and O–H groups in total. The second-order valence-electron chi connectivity index (χ2n) is 6.98. The number of nitrogens with zero attached hydrogens (tertiary/aromatic N) is 1. The summed E-state index contributed by atoms with van der Waals surface area (Å²) in [5, 5.41) is 4.34. The fourth-order valence-electron chi connectivity index (χ4n) is 3.00. The lowest BCUT2D eigenvalue weighted by molar-refractivity contribution is 0.390. The van der Waals surface area contributed by atoms with Gasteiger partial charge in [0.2, 0.25) is 0 Å². The van der Waals surface area contributed by atoms with Crippen molar-refractivity contribution in [3.05, 3.63) is 28.8 Å². The summed E-state index contributed by atoms with van der Waals surface area (Å²) in [7, 11) is 0. The largest absolute Gasteiger partial charge is 0.369 e. The summed E-state index contributed by atoms with van der Waals surface area (Å²) < 4.78 is 0. The Kier molecular flexibility index (Phi) is 5.95. The van der Waals surface area contributed by atoms with Crippen LogP contribution in [0.2, 0.25) is 5.02 Å². The van der Waals surface area contributed by atoms with Gasteiger partial charge in [-0.25, -0.2) is 0 Å². The van der Waals surface area contributed by atoms with Crippen LogP contribution in [0.3, 0.4) is 0 Å². The van der Waals surface area contributed by atoms with Gasteiger partial charge in [-0.3, -0.25) is 0 Å². The van der Waals surface area contributed by atoms with Crippen molar-refractivity contribution >= 4 is 17.3 Å². The van der Waals surface area contributed by atoms with Crippen LogP contribution in [0.25, 0.3) is 0 Å². The summed E-state index contributed by atoms with van der Waals surface area (Å²) in [4.78, 5) is 2.51. The molecule has 1 aromatic rings. The molecule has 2 rings (SSSR count). The molecule has 1 saturated heterocycles. The first kappa shape index (κ1) is 16.6. The third-order valence-electron chi connectivity index (χ3n) is 4.35. The Labute approximate surface area is 134 Å². The number of piperidine rings is 1. The van der Waals surface area contributed by atoms with Crippen LogP contribution in [0.1, 0.15) is 46.1 Å². The van der Waals surface area contributed by atoms with Gasteiger partial charge in [0.25, 0.3) is 0 Å². The lowest BCUT2D eigenvalue weighted by Crippen LogP contribution is -2.41. The van der Waals surface area contributed by atoms with Gasteiger partial charge in [-0.15, -0.1) is 0 Å². The smallest absolute Gasteiger partial charge is 0.0471 e. The van der Waals surface area contributed by atoms with Crippen molar-refractivity contribution in [3.63, 3.8) is 0 Å². The van der Waals surface area contributed by atoms with E-state index in [0.29, 0.717) is 12.0 Å². The minimum Gasteiger partial charge on any atom is -0.369 e. The van der Waals surface area contributed by atoms with Crippen molar-refractivity contribution in [2.45, 2.75) is 53.1 Å². The molecule has 1 heterocycles. The summed E-state index contributed by atoms with van der Waals surface area (Å²) in [6.45, 7) is 12.1. The second kappa shape index (κ2) is 7.51. The van der Waals surface area contributed by atoms with Gasteiger partial charge in [0, 0.05) is 29.8 Å². The summed E-state index contributed by atoms with van der Waals surface area (Å²) >= 11 is 6.48. The molecule has 0 amide bonds. The zero-order valence-electron chi connectivity index (χ0n) is 13.8. The molecule has 2 unspecified atom stereocenters. The molecule has 0 aromatic heterocycles. The third-order valence-corrected chi connectivity index (χ3v) is 4.71. The maximum Gasteiger partial charge on any atom is 0.0471 e. The first-order chi connectivity index (χ1) is 9.97. The fraction of sp³-hybridized carbons (Fsp3) is 0.667. The Morgan fingerprint density at radius 1 is 1.29 bits per heavy atom. The van der Waals surface area contributed by atoms with Gasteiger partial charge in [0.15, 0.2) is 0 Å². The highest BCUT2D eigenvalue weighted by molar-refractivity contribution is 6.31. The van der Waals surface area contributed by atoms with Gasteiger partial charge in [-0.2, -0.15) is 0 Å². The van der Waals surface area contributed by atoms with Crippen LogP contribution in [0.15, 0.2) is 18.2 Å². The Hall–Kier alpha value is -0.730. The zero-order chi connectivity index (χ0) is 15.4. The van der Waals surface area contributed by atoms with Crippen LogP contribution in [-0.2, 0) is 6.54 Å². The lowest BCUT2D eigenvalue weighted by Gasteiger charge is -2.38. The Morgan fingerprint density at radius 3 is 2.71 bits per heavy atom. The highest BCUT2D eigenvalue weighted by Crippen LogP contribution is 2.30. The number of hydrogen-bond acceptors (Lipinski definition) is 2. The molecule has 1 aliphatic rings. The maximum atomic E-state index is 6.48. The molecular formula is C18H29ClN2. The Balaban J connectivity index is 2.04. The van der Waals surface area contributed by atoms with Crippen molar-refractivity contribution in [2.75, 3.05) is 18.0 Å². The predicted molar refractivity (Wildman–Crippen MR) is 93.2 cm³/mol. The minimum atomic E-state index is 0.613. The Morgan fingerprint density at radius 2 is 2.05 bits per heavy atom. The number of hydrogen-bond donors (Lipinski definition) is 1. The van der Waals surface area contributed by atoms with E-state index in [1.54, 1.807) is 0 Å². The van der Waals surface area contributed by atoms with E-state index in [1.165, 1.54) is 24.1 Å². The highest BCUT2D eigenvalue weighted by Gasteiger charge is 2.23. The molecule has 1 fully saturated rings. The number of rotatable bonds is 5. The van der Waals surface area contributed by atoms with Crippen molar-refractivity contribution in [2.24, 2.45) is 11.8 Å². The normalized spacial score (nSPS) is 22.9. The van der Waals surface area contributed by atoms with E-state index >= 15 is 0 Å². The van der Waals surface area contributed by atoms with Gasteiger partial charge < -0.3 is 10.2 Å². The molecule has 0 saturated carbocycles. The molecule has 0 spiro atoms. The van der Waals surface area contributed by atoms with Crippen LogP contribution >= 0.6 is 11.6 Å². The summed E-state index contributed by atoms with van der Waals surface area (Å²) in [6.07, 6.45) is 2.61. The molecule has 3 heteroatoms. The van der Waals surface area contributed by atoms with E-state index in [9.17, 15) is 0 Å². The van der Waals surface area contributed by atoms with Gasteiger partial charge in [-0.1, -0.05) is 38.4 Å². The first-order valence-corrected chi connectivity index (χ1v) is 8.61. The van der Waals surface area contributed by atoms with Crippen LogP contribution in [0, 0.1) is 11.8 Å². The molecule has 0 aliphatic carbocycles. The highest BCUT2D eigenvalue weighted by atomic mass is 35.5. The van der Waals surface area contributed by atoms with Gasteiger partial charge >= 0.3 is 0 Å². The van der Waals surface area contributed by atoms with Crippen molar-refractivity contribution in [1.29, 1.82) is 0 Å². The standard InChI is InChI=1S/C18H29ClN2/c1-13(2)10-20-11-16-7-8-17(9-18(16)19)21-12-14(3)5-6-15(21)4/h7-9,13-15,20H,5-6,10-12H2,1-4H3. The second-order valence-corrected chi connectivity index (χ2v) is 7.39. The lowest BCUT2D eigenvalue weighted by atomic mass is 9.94. The van der Waals surface area contributed by atoms with Crippen LogP contribution < -0.4 is 10.2 Å². The number of benzene rings is 1. The molecule has 1 aliphatic heterocycles. The van der Waals surface area contributed by atoms with E-state index in [4.69, 9.17) is 11.6 Å². The van der Waals surface area contributed by atoms with E-state index < -0.39 is 0 Å². The van der Waals surface area contributed by atoms with Gasteiger partial charge in [0.05, 0.1) is 0 Å². The van der Waals surface area contributed by atoms with Crippen LogP contribution in [0.5, 0.6) is 0 Å². The zero-order valence-corrected chi connectivity index (χ0v) is 14.6. The van der Waals surface area contributed by atoms with Crippen LogP contribution in [-0.4, -0.2) is 19.1 Å². The molecule has 2 nitrogen and oxygen atoms in total. The van der Waals surface area contributed by atoms with Crippen LogP contribution in [0.4, 0.5) is 5.69 Å². The molecular weight excluding hydrogens is 280 g/mol. The predicted octanol–water partition coefficient (Wildman–Crippen LogP) is 4.71. The fourth-order valence-corrected chi connectivity index (χ4v) is 3.24. The van der Waals surface area contributed by atoms with E-state index in [-0.39, 0.29) is 0 Å². The van der Waals surface area contributed by atoms with E-state index in [1.807, 2.05) is 0 Å². The molecule has 2 atom stereocenters. The monoisotopic (exact) mass is 308 g/mol. The van der Waals surface area contributed by atoms with Gasteiger partial charge in [-0.05, 0) is 55.8 Å². The minimum absolute atomic E-state index is 0.613. The average molecular weight is 309 g/mol. The first-order valence-electron chi connectivity index (χ1n) is 8.23. The number of anilines is 1. The summed E-state index contributed by atoms with van der Waals surface area (Å²) in [5.41, 5.74) is 2.46. The maximum absolute atomic E-state index is 6.48. The Bertz CT molecular complexity index is 459. The quantitative estimate of drug-likeness (QED) is 0.847. The third kappa shape index (κ3) is 4.62. The molecule has 21 heavy (non-hydrogen) atoms. The number of halogens is 1. The van der Waals surface area contributed by atoms with Crippen molar-refractivity contribution in [1.82, 2.24) is 5.32 Å². The topological polar surface area (TPSA) is 15.3 Å². The van der Waals surface area contributed by atoms with E-state index in [0.717, 1.165) is 30.6 Å². The number of nitrogens with one attached hydrogen (secondary N) is 1. The molecule has 118 valence electrons. The van der Waals surface area contributed by atoms with E-state index in [2.05, 4.69) is 56.1 Å². The summed E-state index contributed by atoms with van der Waals surface area (Å²) in [5.74, 6) is 1.44. The average Bonchev–Trinajstić information content (AvgIpc) is 2.43. The molecule has 0 radical (unpaired) electrons. The summed E-state index contributed by atoms with van der Waals surface area (Å²) in [6, 6.07) is 7.16.